The van der Waals surface area contributed by atoms with Gasteiger partial charge in [0.1, 0.15) is 5.82 Å². The number of halogens is 1. The number of likely N-dealkylation sites (tertiary alicyclic amines) is 1. The highest BCUT2D eigenvalue weighted by Crippen LogP contribution is 2.45. The summed E-state index contributed by atoms with van der Waals surface area (Å²) >= 11 is 0. The average Bonchev–Trinajstić information content (AvgIpc) is 3.08. The van der Waals surface area contributed by atoms with Crippen LogP contribution in [0.3, 0.4) is 0 Å². The Morgan fingerprint density at radius 1 is 1.16 bits per heavy atom. The Morgan fingerprint density at radius 2 is 1.96 bits per heavy atom. The average molecular weight is 345 g/mol. The maximum atomic E-state index is 13.7. The van der Waals surface area contributed by atoms with E-state index in [-0.39, 0.29) is 17.9 Å². The zero-order valence-electron chi connectivity index (χ0n) is 14.8. The van der Waals surface area contributed by atoms with Crippen LogP contribution in [0.2, 0.25) is 0 Å². The summed E-state index contributed by atoms with van der Waals surface area (Å²) in [6.45, 7) is 3.94. The van der Waals surface area contributed by atoms with Gasteiger partial charge in [0.05, 0.1) is 6.04 Å². The number of nitrogens with one attached hydrogen (secondary N) is 1. The predicted octanol–water partition coefficient (Wildman–Crippen LogP) is 3.55. The topological polar surface area (TPSA) is 35.6 Å². The number of rotatable bonds is 1. The first-order valence-corrected chi connectivity index (χ1v) is 9.69. The molecular weight excluding hydrogens is 317 g/mol. The van der Waals surface area contributed by atoms with Crippen LogP contribution in [-0.4, -0.2) is 48.6 Å². The van der Waals surface area contributed by atoms with Gasteiger partial charge in [0.15, 0.2) is 0 Å². The standard InChI is InChI=1S/C20H28FN3O/c21-17-6-3-5-16(13-17)18-14-22-10-12-24(18)19(25)23-11-4-9-20(15-23)7-1-2-8-20/h3,5-6,13,18,22H,1-2,4,7-12,14-15H2. The van der Waals surface area contributed by atoms with Crippen molar-refractivity contribution in [2.75, 3.05) is 32.7 Å². The number of piperazine rings is 1. The number of nitrogens with zero attached hydrogens (tertiary/aromatic N) is 2. The Balaban J connectivity index is 1.52. The number of piperidine rings is 1. The van der Waals surface area contributed by atoms with E-state index in [1.807, 2.05) is 11.0 Å². The highest BCUT2D eigenvalue weighted by molar-refractivity contribution is 5.75. The van der Waals surface area contributed by atoms with Crippen molar-refractivity contribution in [3.05, 3.63) is 35.6 Å². The second-order valence-corrected chi connectivity index (χ2v) is 7.98. The number of benzene rings is 1. The third-order valence-electron chi connectivity index (χ3n) is 6.32. The van der Waals surface area contributed by atoms with Gasteiger partial charge in [0.25, 0.3) is 0 Å². The van der Waals surface area contributed by atoms with Crippen molar-refractivity contribution in [2.45, 2.75) is 44.6 Å². The summed E-state index contributed by atoms with van der Waals surface area (Å²) < 4.78 is 13.7. The van der Waals surface area contributed by atoms with E-state index in [2.05, 4.69) is 10.2 Å². The monoisotopic (exact) mass is 345 g/mol. The van der Waals surface area contributed by atoms with Crippen LogP contribution in [0.5, 0.6) is 0 Å². The third-order valence-corrected chi connectivity index (χ3v) is 6.32. The minimum Gasteiger partial charge on any atom is -0.324 e. The number of carbonyl (C=O) groups is 1. The largest absolute Gasteiger partial charge is 0.324 e. The van der Waals surface area contributed by atoms with Crippen molar-refractivity contribution in [3.8, 4) is 0 Å². The molecule has 2 heterocycles. The summed E-state index contributed by atoms with van der Waals surface area (Å²) in [4.78, 5) is 17.3. The fraction of sp³-hybridized carbons (Fsp3) is 0.650. The number of carbonyl (C=O) groups excluding carboxylic acids is 1. The minimum absolute atomic E-state index is 0.0848. The molecule has 2 amide bonds. The van der Waals surface area contributed by atoms with Crippen LogP contribution in [-0.2, 0) is 0 Å². The zero-order chi connectivity index (χ0) is 17.3. The molecule has 1 aromatic rings. The van der Waals surface area contributed by atoms with Crippen LogP contribution in [0.1, 0.15) is 50.1 Å². The van der Waals surface area contributed by atoms with Crippen molar-refractivity contribution in [2.24, 2.45) is 5.41 Å². The second kappa shape index (κ2) is 6.94. The van der Waals surface area contributed by atoms with E-state index in [0.717, 1.165) is 31.6 Å². The fourth-order valence-electron chi connectivity index (χ4n) is 5.03. The number of hydrogen-bond acceptors (Lipinski definition) is 2. The molecule has 2 aliphatic heterocycles. The highest BCUT2D eigenvalue weighted by Gasteiger charge is 2.41. The molecule has 1 saturated carbocycles. The molecule has 3 fully saturated rings. The molecule has 1 aromatic carbocycles. The van der Waals surface area contributed by atoms with Crippen molar-refractivity contribution in [1.29, 1.82) is 0 Å². The van der Waals surface area contributed by atoms with Gasteiger partial charge in [-0.05, 0) is 48.8 Å². The molecule has 0 aromatic heterocycles. The van der Waals surface area contributed by atoms with E-state index >= 15 is 0 Å². The SMILES string of the molecule is O=C(N1CCCC2(CCCC2)C1)N1CCNCC1c1cccc(F)c1. The Morgan fingerprint density at radius 3 is 2.76 bits per heavy atom. The van der Waals surface area contributed by atoms with Gasteiger partial charge in [-0.1, -0.05) is 25.0 Å². The molecule has 1 unspecified atom stereocenters. The minimum atomic E-state index is -0.238. The summed E-state index contributed by atoms with van der Waals surface area (Å²) in [5.41, 5.74) is 1.25. The summed E-state index contributed by atoms with van der Waals surface area (Å²) in [7, 11) is 0. The van der Waals surface area contributed by atoms with Crippen molar-refractivity contribution < 1.29 is 9.18 Å². The first-order chi connectivity index (χ1) is 12.2. The lowest BCUT2D eigenvalue weighted by molar-refractivity contribution is 0.0724. The molecule has 1 aliphatic carbocycles. The third kappa shape index (κ3) is 3.39. The van der Waals surface area contributed by atoms with Crippen molar-refractivity contribution >= 4 is 6.03 Å². The summed E-state index contributed by atoms with van der Waals surface area (Å²) in [5, 5.41) is 3.35. The van der Waals surface area contributed by atoms with E-state index in [9.17, 15) is 9.18 Å². The van der Waals surface area contributed by atoms with Gasteiger partial charge in [-0.15, -0.1) is 0 Å². The molecule has 25 heavy (non-hydrogen) atoms. The lowest BCUT2D eigenvalue weighted by Crippen LogP contribution is -2.56. The van der Waals surface area contributed by atoms with Crippen molar-refractivity contribution in [3.63, 3.8) is 0 Å². The molecule has 4 nitrogen and oxygen atoms in total. The Labute approximate surface area is 149 Å². The van der Waals surface area contributed by atoms with Crippen LogP contribution in [0.15, 0.2) is 24.3 Å². The first kappa shape index (κ1) is 16.8. The molecule has 0 bridgehead atoms. The van der Waals surface area contributed by atoms with Gasteiger partial charge in [-0.2, -0.15) is 0 Å². The maximum absolute atomic E-state index is 13.7. The summed E-state index contributed by atoms with van der Waals surface area (Å²) in [5.74, 6) is -0.238. The molecule has 136 valence electrons. The Hall–Kier alpha value is -1.62. The predicted molar refractivity (Wildman–Crippen MR) is 95.8 cm³/mol. The molecule has 4 rings (SSSR count). The van der Waals surface area contributed by atoms with Crippen LogP contribution in [0, 0.1) is 11.2 Å². The van der Waals surface area contributed by atoms with Gasteiger partial charge in [0.2, 0.25) is 0 Å². The van der Waals surface area contributed by atoms with Crippen LogP contribution in [0.4, 0.5) is 9.18 Å². The second-order valence-electron chi connectivity index (χ2n) is 7.98. The van der Waals surface area contributed by atoms with Gasteiger partial charge >= 0.3 is 6.03 Å². The van der Waals surface area contributed by atoms with Gasteiger partial charge in [-0.25, -0.2) is 9.18 Å². The van der Waals surface area contributed by atoms with Crippen LogP contribution < -0.4 is 5.32 Å². The lowest BCUT2D eigenvalue weighted by atomic mass is 9.78. The lowest BCUT2D eigenvalue weighted by Gasteiger charge is -2.45. The fourth-order valence-corrected chi connectivity index (χ4v) is 5.03. The van der Waals surface area contributed by atoms with E-state index < -0.39 is 0 Å². The van der Waals surface area contributed by atoms with E-state index in [0.29, 0.717) is 18.5 Å². The summed E-state index contributed by atoms with van der Waals surface area (Å²) in [6, 6.07) is 6.74. The van der Waals surface area contributed by atoms with E-state index in [1.165, 1.54) is 38.2 Å². The smallest absolute Gasteiger partial charge is 0.320 e. The highest BCUT2D eigenvalue weighted by atomic mass is 19.1. The normalized spacial score (nSPS) is 26.2. The van der Waals surface area contributed by atoms with Gasteiger partial charge in [0, 0.05) is 32.7 Å². The number of urea groups is 1. The van der Waals surface area contributed by atoms with Crippen LogP contribution >= 0.6 is 0 Å². The summed E-state index contributed by atoms with van der Waals surface area (Å²) in [6.07, 6.45) is 7.54. The molecule has 3 aliphatic rings. The number of amides is 2. The maximum Gasteiger partial charge on any atom is 0.320 e. The Kier molecular flexibility index (Phi) is 4.67. The van der Waals surface area contributed by atoms with Crippen LogP contribution in [0.25, 0.3) is 0 Å². The van der Waals surface area contributed by atoms with Gasteiger partial charge in [-0.3, -0.25) is 0 Å². The molecule has 0 radical (unpaired) electrons. The quantitative estimate of drug-likeness (QED) is 0.845. The number of hydrogen-bond donors (Lipinski definition) is 1. The van der Waals surface area contributed by atoms with E-state index in [4.69, 9.17) is 0 Å². The van der Waals surface area contributed by atoms with Crippen molar-refractivity contribution in [1.82, 2.24) is 15.1 Å². The van der Waals surface area contributed by atoms with Gasteiger partial charge < -0.3 is 15.1 Å². The zero-order valence-corrected chi connectivity index (χ0v) is 14.8. The first-order valence-electron chi connectivity index (χ1n) is 9.69. The Bertz CT molecular complexity index is 629. The molecule has 5 heteroatoms. The molecule has 1 spiro atoms. The molecule has 2 saturated heterocycles. The molecule has 1 atom stereocenters. The molecular formula is C20H28FN3O. The van der Waals surface area contributed by atoms with E-state index in [1.54, 1.807) is 12.1 Å². The molecule has 1 N–H and O–H groups in total.